The van der Waals surface area contributed by atoms with Gasteiger partial charge in [0.05, 0.1) is 11.0 Å². The molecule has 0 aliphatic carbocycles. The van der Waals surface area contributed by atoms with Gasteiger partial charge in [-0.1, -0.05) is 97.1 Å². The minimum atomic E-state index is -0.0303. The van der Waals surface area contributed by atoms with E-state index in [1.807, 2.05) is 60.7 Å². The summed E-state index contributed by atoms with van der Waals surface area (Å²) in [7, 11) is 2.05. The van der Waals surface area contributed by atoms with Gasteiger partial charge in [-0.05, 0) is 19.1 Å². The smallest absolute Gasteiger partial charge is 0.154 e. The van der Waals surface area contributed by atoms with Crippen LogP contribution < -0.4 is 0 Å². The first-order valence-electron chi connectivity index (χ1n) is 11.1. The Balaban J connectivity index is 1.64. The van der Waals surface area contributed by atoms with Crippen molar-refractivity contribution >= 4 is 33.5 Å². The fourth-order valence-electron chi connectivity index (χ4n) is 4.41. The SMILES string of the molecule is CC(N(C)/C(=N\C(=N)c1ccccc1)c1ccccc1)n1c2ccccc2c2ccccc21. The van der Waals surface area contributed by atoms with Crippen LogP contribution in [0.4, 0.5) is 0 Å². The highest BCUT2D eigenvalue weighted by molar-refractivity contribution is 6.11. The summed E-state index contributed by atoms with van der Waals surface area (Å²) in [5, 5.41) is 11.1. The molecule has 0 aliphatic heterocycles. The Kier molecular flexibility index (Phi) is 5.49. The number of aliphatic imine (C=N–C) groups is 1. The number of hydrogen-bond donors (Lipinski definition) is 1. The quantitative estimate of drug-likeness (QED) is 0.250. The van der Waals surface area contributed by atoms with Gasteiger partial charge < -0.3 is 9.47 Å². The van der Waals surface area contributed by atoms with Crippen LogP contribution in [-0.4, -0.2) is 28.2 Å². The number of fused-ring (bicyclic) bond motifs is 3. The molecule has 5 rings (SSSR count). The number of hydrogen-bond acceptors (Lipinski definition) is 1. The summed E-state index contributed by atoms with van der Waals surface area (Å²) in [6, 6.07) is 36.8. The summed E-state index contributed by atoms with van der Waals surface area (Å²) in [6.45, 7) is 2.18. The molecule has 4 heteroatoms. The van der Waals surface area contributed by atoms with Gasteiger partial charge in [-0.15, -0.1) is 0 Å². The number of para-hydroxylation sites is 2. The molecule has 5 aromatic rings. The van der Waals surface area contributed by atoms with Crippen LogP contribution in [0.5, 0.6) is 0 Å². The fraction of sp³-hybridized carbons (Fsp3) is 0.103. The lowest BCUT2D eigenvalue weighted by atomic mass is 10.1. The van der Waals surface area contributed by atoms with Gasteiger partial charge in [-0.2, -0.15) is 0 Å². The van der Waals surface area contributed by atoms with E-state index in [4.69, 9.17) is 10.4 Å². The third-order valence-electron chi connectivity index (χ3n) is 6.18. The molecule has 33 heavy (non-hydrogen) atoms. The molecule has 4 aromatic carbocycles. The van der Waals surface area contributed by atoms with Gasteiger partial charge in [0, 0.05) is 28.9 Å². The van der Waals surface area contributed by atoms with Crippen LogP contribution >= 0.6 is 0 Å². The Hall–Kier alpha value is -4.18. The molecule has 1 unspecified atom stereocenters. The topological polar surface area (TPSA) is 44.4 Å². The van der Waals surface area contributed by atoms with E-state index >= 15 is 0 Å². The summed E-state index contributed by atoms with van der Waals surface area (Å²) in [5.41, 5.74) is 4.14. The summed E-state index contributed by atoms with van der Waals surface area (Å²) < 4.78 is 2.36. The Morgan fingerprint density at radius 1 is 0.697 bits per heavy atom. The average Bonchev–Trinajstić information content (AvgIpc) is 3.22. The highest BCUT2D eigenvalue weighted by Gasteiger charge is 2.22. The molecule has 0 bridgehead atoms. The second kappa shape index (κ2) is 8.75. The Bertz CT molecular complexity index is 1400. The zero-order chi connectivity index (χ0) is 22.8. The molecule has 162 valence electrons. The molecule has 0 saturated heterocycles. The number of nitrogens with one attached hydrogen (secondary N) is 1. The second-order valence-electron chi connectivity index (χ2n) is 8.16. The van der Waals surface area contributed by atoms with Crippen LogP contribution in [-0.2, 0) is 0 Å². The van der Waals surface area contributed by atoms with E-state index in [2.05, 4.69) is 72.0 Å². The average molecular weight is 431 g/mol. The van der Waals surface area contributed by atoms with Gasteiger partial charge in [-0.3, -0.25) is 5.41 Å². The molecule has 0 spiro atoms. The molecule has 4 nitrogen and oxygen atoms in total. The molecular weight excluding hydrogens is 404 g/mol. The van der Waals surface area contributed by atoms with E-state index in [9.17, 15) is 0 Å². The van der Waals surface area contributed by atoms with Crippen molar-refractivity contribution in [3.8, 4) is 0 Å². The molecule has 1 N–H and O–H groups in total. The summed E-state index contributed by atoms with van der Waals surface area (Å²) in [6.07, 6.45) is -0.0303. The lowest BCUT2D eigenvalue weighted by molar-refractivity contribution is 0.316. The first-order chi connectivity index (χ1) is 16.1. The molecule has 1 heterocycles. The number of benzene rings is 4. The van der Waals surface area contributed by atoms with Gasteiger partial charge in [0.2, 0.25) is 0 Å². The lowest BCUT2D eigenvalue weighted by Crippen LogP contribution is -2.34. The van der Waals surface area contributed by atoms with Crippen molar-refractivity contribution in [2.24, 2.45) is 4.99 Å². The minimum absolute atomic E-state index is 0.0303. The maximum Gasteiger partial charge on any atom is 0.154 e. The maximum atomic E-state index is 8.66. The van der Waals surface area contributed by atoms with Crippen LogP contribution in [0.25, 0.3) is 21.8 Å². The number of amidine groups is 2. The number of nitrogens with zero attached hydrogens (tertiary/aromatic N) is 3. The third kappa shape index (κ3) is 3.80. The van der Waals surface area contributed by atoms with E-state index < -0.39 is 0 Å². The van der Waals surface area contributed by atoms with E-state index in [-0.39, 0.29) is 12.0 Å². The van der Waals surface area contributed by atoms with Gasteiger partial charge in [0.15, 0.2) is 5.84 Å². The highest BCUT2D eigenvalue weighted by atomic mass is 15.3. The summed E-state index contributed by atoms with van der Waals surface area (Å²) in [5.74, 6) is 1.01. The zero-order valence-electron chi connectivity index (χ0n) is 18.8. The number of rotatable bonds is 4. The van der Waals surface area contributed by atoms with Gasteiger partial charge in [-0.25, -0.2) is 4.99 Å². The van der Waals surface area contributed by atoms with Crippen LogP contribution in [0.1, 0.15) is 24.2 Å². The van der Waals surface area contributed by atoms with Crippen LogP contribution in [0.2, 0.25) is 0 Å². The summed E-state index contributed by atoms with van der Waals surface area (Å²) in [4.78, 5) is 6.98. The van der Waals surface area contributed by atoms with Crippen molar-refractivity contribution in [2.45, 2.75) is 13.1 Å². The van der Waals surface area contributed by atoms with Crippen LogP contribution in [0.15, 0.2) is 114 Å². The molecule has 1 atom stereocenters. The Morgan fingerprint density at radius 3 is 1.70 bits per heavy atom. The van der Waals surface area contributed by atoms with Gasteiger partial charge in [0.25, 0.3) is 0 Å². The molecule has 0 amide bonds. The van der Waals surface area contributed by atoms with E-state index in [0.717, 1.165) is 17.0 Å². The monoisotopic (exact) mass is 430 g/mol. The van der Waals surface area contributed by atoms with Crippen LogP contribution in [0.3, 0.4) is 0 Å². The maximum absolute atomic E-state index is 8.66. The normalized spacial score (nSPS) is 12.7. The van der Waals surface area contributed by atoms with Crippen LogP contribution in [0, 0.1) is 5.41 Å². The van der Waals surface area contributed by atoms with Crippen molar-refractivity contribution in [2.75, 3.05) is 7.05 Å². The molecular formula is C29H26N4. The standard InChI is InChI=1S/C29H26N4/c1-21(33-26-19-11-9-17-24(26)25-18-10-12-20-27(25)33)32(2)29(23-15-7-4-8-16-23)31-28(30)22-13-5-3-6-14-22/h3-21,30H,1-2H3/b30-28?,31-29-. The fourth-order valence-corrected chi connectivity index (χ4v) is 4.41. The molecule has 0 radical (unpaired) electrons. The zero-order valence-corrected chi connectivity index (χ0v) is 18.8. The number of aromatic nitrogens is 1. The molecule has 1 aromatic heterocycles. The van der Waals surface area contributed by atoms with Gasteiger partial charge >= 0.3 is 0 Å². The van der Waals surface area contributed by atoms with Crippen molar-refractivity contribution in [1.82, 2.24) is 9.47 Å². The second-order valence-corrected chi connectivity index (χ2v) is 8.16. The highest BCUT2D eigenvalue weighted by Crippen LogP contribution is 2.33. The van der Waals surface area contributed by atoms with E-state index in [1.165, 1.54) is 21.8 Å². The van der Waals surface area contributed by atoms with E-state index in [1.54, 1.807) is 0 Å². The van der Waals surface area contributed by atoms with Crippen molar-refractivity contribution in [1.29, 1.82) is 5.41 Å². The molecule has 0 saturated carbocycles. The first kappa shape index (κ1) is 20.7. The molecule has 0 fully saturated rings. The summed E-state index contributed by atoms with van der Waals surface area (Å²) >= 11 is 0. The predicted octanol–water partition coefficient (Wildman–Crippen LogP) is 6.72. The third-order valence-corrected chi connectivity index (χ3v) is 6.18. The first-order valence-corrected chi connectivity index (χ1v) is 11.1. The van der Waals surface area contributed by atoms with Crippen molar-refractivity contribution < 1.29 is 0 Å². The Labute approximate surface area is 193 Å². The predicted molar refractivity (Wildman–Crippen MR) is 138 cm³/mol. The largest absolute Gasteiger partial charge is 0.339 e. The lowest BCUT2D eigenvalue weighted by Gasteiger charge is -2.31. The van der Waals surface area contributed by atoms with E-state index in [0.29, 0.717) is 0 Å². The van der Waals surface area contributed by atoms with Crippen molar-refractivity contribution in [3.63, 3.8) is 0 Å². The van der Waals surface area contributed by atoms with Gasteiger partial charge in [0.1, 0.15) is 12.0 Å². The Morgan fingerprint density at radius 2 is 1.15 bits per heavy atom. The van der Waals surface area contributed by atoms with Crippen molar-refractivity contribution in [3.05, 3.63) is 120 Å². The minimum Gasteiger partial charge on any atom is -0.339 e. The molecule has 0 aliphatic rings.